The Labute approximate surface area is 316 Å². The number of pyridine rings is 4. The summed E-state index contributed by atoms with van der Waals surface area (Å²) in [4.78, 5) is 20.7. The van der Waals surface area contributed by atoms with Crippen LogP contribution in [0.2, 0.25) is 0 Å². The zero-order valence-corrected chi connectivity index (χ0v) is 29.6. The van der Waals surface area contributed by atoms with E-state index in [4.69, 9.17) is 19.9 Å². The zero-order valence-electron chi connectivity index (χ0n) is 29.6. The summed E-state index contributed by atoms with van der Waals surface area (Å²) in [6, 6.07) is 61.3. The zero-order chi connectivity index (χ0) is 36.3. The Bertz CT molecular complexity index is 3240. The first-order valence-corrected chi connectivity index (χ1v) is 18.5. The van der Waals surface area contributed by atoms with E-state index in [2.05, 4.69) is 168 Å². The van der Waals surface area contributed by atoms with Gasteiger partial charge in [-0.1, -0.05) is 146 Å². The van der Waals surface area contributed by atoms with Gasteiger partial charge in [0, 0.05) is 61.6 Å². The fourth-order valence-corrected chi connectivity index (χ4v) is 7.82. The largest absolute Gasteiger partial charge is 0.306 e. The molecule has 0 fully saturated rings. The number of aromatic nitrogens is 5. The average Bonchev–Trinajstić information content (AvgIpc) is 3.71. The third-order valence-corrected chi connectivity index (χ3v) is 10.6. The number of benzene rings is 6. The van der Waals surface area contributed by atoms with Crippen molar-refractivity contribution in [3.05, 3.63) is 188 Å². The van der Waals surface area contributed by atoms with E-state index in [1.807, 2.05) is 24.3 Å². The van der Waals surface area contributed by atoms with Crippen molar-refractivity contribution in [1.82, 2.24) is 24.3 Å². The Morgan fingerprint density at radius 3 is 1.64 bits per heavy atom. The van der Waals surface area contributed by atoms with Crippen molar-refractivity contribution in [1.29, 1.82) is 0 Å². The normalized spacial score (nSPS) is 11.6. The molecule has 0 aliphatic heterocycles. The number of hydrogen-bond acceptors (Lipinski definition) is 4. The molecule has 5 nitrogen and oxygen atoms in total. The number of imidazole rings is 1. The van der Waals surface area contributed by atoms with Crippen LogP contribution in [0.25, 0.3) is 105 Å². The van der Waals surface area contributed by atoms with Crippen molar-refractivity contribution in [2.75, 3.05) is 0 Å². The summed E-state index contributed by atoms with van der Waals surface area (Å²) < 4.78 is 2.13. The minimum absolute atomic E-state index is 0.906. The molecule has 0 aliphatic rings. The van der Waals surface area contributed by atoms with Crippen LogP contribution in [-0.4, -0.2) is 24.3 Å². The smallest absolute Gasteiger partial charge is 0.146 e. The van der Waals surface area contributed by atoms with Crippen LogP contribution in [0, 0.1) is 0 Å². The van der Waals surface area contributed by atoms with Gasteiger partial charge in [-0.25, -0.2) is 19.9 Å². The molecule has 0 atom stereocenters. The maximum Gasteiger partial charge on any atom is 0.146 e. The quantitative estimate of drug-likeness (QED) is 0.168. The maximum atomic E-state index is 5.25. The summed E-state index contributed by atoms with van der Waals surface area (Å²) in [5.41, 5.74) is 14.0. The summed E-state index contributed by atoms with van der Waals surface area (Å²) in [5, 5.41) is 5.41. The second-order valence-electron chi connectivity index (χ2n) is 13.9. The standard InChI is InChI=1S/C50H31N5/c1-3-10-33(11-4-1)42-26-24-36-22-23-37-25-27-43(52-49(37)48(36)51-42)35-20-18-32(19-21-35)38-14-9-15-39(30-38)47-41-28-29-55-31-45(34-12-5-2-6-13-34)54-50(55)46(41)40-16-7-8-17-44(40)53-47/h1-31H. The molecule has 256 valence electrons. The van der Waals surface area contributed by atoms with Crippen molar-refractivity contribution in [3.8, 4) is 56.2 Å². The van der Waals surface area contributed by atoms with Crippen molar-refractivity contribution in [2.24, 2.45) is 0 Å². The molecule has 0 amide bonds. The van der Waals surface area contributed by atoms with Crippen molar-refractivity contribution < 1.29 is 0 Å². The lowest BCUT2D eigenvalue weighted by Crippen LogP contribution is -1.93. The average molecular weight is 702 g/mol. The molecule has 0 saturated heterocycles. The van der Waals surface area contributed by atoms with Gasteiger partial charge in [0.2, 0.25) is 0 Å². The van der Waals surface area contributed by atoms with E-state index in [0.29, 0.717) is 0 Å². The summed E-state index contributed by atoms with van der Waals surface area (Å²) >= 11 is 0. The van der Waals surface area contributed by atoms with E-state index >= 15 is 0 Å². The van der Waals surface area contributed by atoms with Gasteiger partial charge < -0.3 is 4.40 Å². The summed E-state index contributed by atoms with van der Waals surface area (Å²) in [7, 11) is 0. The molecule has 0 saturated carbocycles. The second-order valence-corrected chi connectivity index (χ2v) is 13.9. The number of fused-ring (bicyclic) bond motifs is 8. The predicted molar refractivity (Wildman–Crippen MR) is 226 cm³/mol. The van der Waals surface area contributed by atoms with Gasteiger partial charge in [-0.15, -0.1) is 0 Å². The molecule has 0 spiro atoms. The molecule has 55 heavy (non-hydrogen) atoms. The highest BCUT2D eigenvalue weighted by molar-refractivity contribution is 6.17. The summed E-state index contributed by atoms with van der Waals surface area (Å²) in [6.07, 6.45) is 4.21. The third-order valence-electron chi connectivity index (χ3n) is 10.6. The van der Waals surface area contributed by atoms with Crippen LogP contribution < -0.4 is 0 Å². The lowest BCUT2D eigenvalue weighted by Gasteiger charge is -2.12. The van der Waals surface area contributed by atoms with Crippen LogP contribution >= 0.6 is 0 Å². The van der Waals surface area contributed by atoms with Gasteiger partial charge in [-0.2, -0.15) is 0 Å². The first-order chi connectivity index (χ1) is 27.2. The minimum atomic E-state index is 0.906. The molecular formula is C50H31N5. The van der Waals surface area contributed by atoms with E-state index in [9.17, 15) is 0 Å². The molecule has 6 aromatic carbocycles. The van der Waals surface area contributed by atoms with Gasteiger partial charge in [0.25, 0.3) is 0 Å². The van der Waals surface area contributed by atoms with Crippen molar-refractivity contribution in [2.45, 2.75) is 0 Å². The molecule has 5 aromatic heterocycles. The monoisotopic (exact) mass is 701 g/mol. The highest BCUT2D eigenvalue weighted by Crippen LogP contribution is 2.37. The highest BCUT2D eigenvalue weighted by Gasteiger charge is 2.17. The molecule has 5 heteroatoms. The lowest BCUT2D eigenvalue weighted by atomic mass is 9.97. The molecule has 0 radical (unpaired) electrons. The maximum absolute atomic E-state index is 5.25. The molecule has 0 N–H and O–H groups in total. The highest BCUT2D eigenvalue weighted by atomic mass is 15.0. The SMILES string of the molecule is c1ccc(-c2ccc3ccc4ccc(-c5ccc(-c6cccc(-c7nc8ccccc8c8c7ccn7cc(-c9ccccc9)nc87)c6)cc5)nc4c3n2)cc1. The minimum Gasteiger partial charge on any atom is -0.306 e. The van der Waals surface area contributed by atoms with Crippen LogP contribution in [-0.2, 0) is 0 Å². The van der Waals surface area contributed by atoms with Crippen LogP contribution in [0.15, 0.2) is 188 Å². The van der Waals surface area contributed by atoms with E-state index in [-0.39, 0.29) is 0 Å². The van der Waals surface area contributed by atoms with E-state index < -0.39 is 0 Å². The van der Waals surface area contributed by atoms with Gasteiger partial charge in [0.1, 0.15) is 5.65 Å². The Morgan fingerprint density at radius 1 is 0.364 bits per heavy atom. The predicted octanol–water partition coefficient (Wildman–Crippen LogP) is 12.5. The first kappa shape index (κ1) is 31.1. The molecule has 0 unspecified atom stereocenters. The fraction of sp³-hybridized carbons (Fsp3) is 0. The molecule has 11 aromatic rings. The molecule has 0 bridgehead atoms. The Morgan fingerprint density at radius 2 is 0.927 bits per heavy atom. The van der Waals surface area contributed by atoms with E-state index in [0.717, 1.165) is 105 Å². The van der Waals surface area contributed by atoms with E-state index in [1.165, 1.54) is 0 Å². The van der Waals surface area contributed by atoms with Crippen molar-refractivity contribution in [3.63, 3.8) is 0 Å². The molecular weight excluding hydrogens is 671 g/mol. The number of nitrogens with zero attached hydrogens (tertiary/aromatic N) is 5. The number of rotatable bonds is 5. The van der Waals surface area contributed by atoms with Crippen LogP contribution in [0.1, 0.15) is 0 Å². The number of para-hydroxylation sites is 1. The first-order valence-electron chi connectivity index (χ1n) is 18.5. The van der Waals surface area contributed by atoms with E-state index in [1.54, 1.807) is 0 Å². The fourth-order valence-electron chi connectivity index (χ4n) is 7.82. The van der Waals surface area contributed by atoms with Gasteiger partial charge in [0.05, 0.1) is 39.3 Å². The lowest BCUT2D eigenvalue weighted by molar-refractivity contribution is 1.20. The topological polar surface area (TPSA) is 56.0 Å². The summed E-state index contributed by atoms with van der Waals surface area (Å²) in [6.45, 7) is 0. The second kappa shape index (κ2) is 12.6. The van der Waals surface area contributed by atoms with Gasteiger partial charge in [-0.05, 0) is 41.5 Å². The molecule has 5 heterocycles. The molecule has 11 rings (SSSR count). The summed E-state index contributed by atoms with van der Waals surface area (Å²) in [5.74, 6) is 0. The van der Waals surface area contributed by atoms with Crippen LogP contribution in [0.5, 0.6) is 0 Å². The van der Waals surface area contributed by atoms with Gasteiger partial charge >= 0.3 is 0 Å². The third kappa shape index (κ3) is 5.33. The molecule has 0 aliphatic carbocycles. The number of hydrogen-bond donors (Lipinski definition) is 0. The Balaban J connectivity index is 0.978. The van der Waals surface area contributed by atoms with Gasteiger partial charge in [0.15, 0.2) is 0 Å². The van der Waals surface area contributed by atoms with Gasteiger partial charge in [-0.3, -0.25) is 0 Å². The van der Waals surface area contributed by atoms with Crippen molar-refractivity contribution >= 4 is 49.1 Å². The van der Waals surface area contributed by atoms with Crippen LogP contribution in [0.3, 0.4) is 0 Å². The Kier molecular flexibility index (Phi) is 7.10. The Hall–Kier alpha value is -7.50. The van der Waals surface area contributed by atoms with Crippen LogP contribution in [0.4, 0.5) is 0 Å².